The average Bonchev–Trinajstić information content (AvgIpc) is 3.34. The number of hydrogen-bond acceptors (Lipinski definition) is 4. The van der Waals surface area contributed by atoms with E-state index >= 15 is 0 Å². The molecule has 1 atom stereocenters. The highest BCUT2D eigenvalue weighted by Crippen LogP contribution is 2.28. The first-order valence-corrected chi connectivity index (χ1v) is 8.39. The van der Waals surface area contributed by atoms with Crippen LogP contribution in [0.5, 0.6) is 0 Å². The normalized spacial score (nSPS) is 15.2. The van der Waals surface area contributed by atoms with Crippen molar-refractivity contribution < 1.29 is 19.0 Å². The summed E-state index contributed by atoms with van der Waals surface area (Å²) in [6.45, 7) is 2.80. The number of halogens is 1. The third-order valence-corrected chi connectivity index (χ3v) is 4.05. The van der Waals surface area contributed by atoms with Crippen molar-refractivity contribution in [2.24, 2.45) is 5.92 Å². The molecule has 0 bridgehead atoms. The average molecular weight is 347 g/mol. The Morgan fingerprint density at radius 2 is 2.16 bits per heavy atom. The Labute approximate surface area is 145 Å². The lowest BCUT2D eigenvalue weighted by Gasteiger charge is -2.11. The maximum atomic E-state index is 13.0. The number of amides is 1. The molecule has 1 fully saturated rings. The van der Waals surface area contributed by atoms with Crippen LogP contribution in [0.4, 0.5) is 4.39 Å². The Hall–Kier alpha value is -2.25. The fraction of sp³-hybridized carbons (Fsp3) is 0.444. The molecule has 25 heavy (non-hydrogen) atoms. The molecule has 6 nitrogen and oxygen atoms in total. The largest absolute Gasteiger partial charge is 0.389 e. The van der Waals surface area contributed by atoms with Crippen LogP contribution < -0.4 is 5.32 Å². The minimum absolute atomic E-state index is 0.103. The van der Waals surface area contributed by atoms with Crippen LogP contribution in [0.1, 0.15) is 29.0 Å². The second kappa shape index (κ2) is 7.76. The summed E-state index contributed by atoms with van der Waals surface area (Å²) in [5, 5.41) is 16.7. The number of hydrogen-bond donors (Lipinski definition) is 2. The number of aliphatic hydroxyl groups is 1. The van der Waals surface area contributed by atoms with E-state index in [2.05, 4.69) is 10.4 Å². The highest BCUT2D eigenvalue weighted by atomic mass is 19.1. The highest BCUT2D eigenvalue weighted by molar-refractivity contribution is 5.92. The summed E-state index contributed by atoms with van der Waals surface area (Å²) < 4.78 is 20.0. The predicted octanol–water partition coefficient (Wildman–Crippen LogP) is 1.84. The summed E-state index contributed by atoms with van der Waals surface area (Å²) in [6.07, 6.45) is 1.65. The molecule has 1 unspecified atom stereocenters. The molecule has 1 heterocycles. The molecule has 1 amide bonds. The zero-order valence-corrected chi connectivity index (χ0v) is 14.1. The van der Waals surface area contributed by atoms with Crippen LogP contribution in [0.2, 0.25) is 0 Å². The number of carbonyl (C=O) groups excluding carboxylic acids is 1. The first-order valence-electron chi connectivity index (χ1n) is 8.39. The van der Waals surface area contributed by atoms with Crippen LogP contribution >= 0.6 is 0 Å². The standard InChI is InChI=1S/C18H22FN3O3/c1-12-8-17(21-22(12)15-6-4-14(19)5-7-15)18(24)20-9-16(23)11-25-10-13-2-3-13/h4-8,13,16,23H,2-3,9-11H2,1H3,(H,20,24). The van der Waals surface area contributed by atoms with Gasteiger partial charge in [-0.2, -0.15) is 5.10 Å². The number of ether oxygens (including phenoxy) is 1. The molecule has 7 heteroatoms. The van der Waals surface area contributed by atoms with Crippen LogP contribution in [0.3, 0.4) is 0 Å². The molecule has 1 aliphatic rings. The van der Waals surface area contributed by atoms with E-state index in [4.69, 9.17) is 4.74 Å². The summed E-state index contributed by atoms with van der Waals surface area (Å²) in [5.41, 5.74) is 1.67. The fourth-order valence-electron chi connectivity index (χ4n) is 2.44. The first-order chi connectivity index (χ1) is 12.0. The minimum Gasteiger partial charge on any atom is -0.389 e. The van der Waals surface area contributed by atoms with Gasteiger partial charge in [-0.3, -0.25) is 4.79 Å². The molecule has 0 spiro atoms. The molecule has 1 aliphatic carbocycles. The monoisotopic (exact) mass is 347 g/mol. The highest BCUT2D eigenvalue weighted by Gasteiger charge is 2.21. The predicted molar refractivity (Wildman–Crippen MR) is 90.1 cm³/mol. The van der Waals surface area contributed by atoms with E-state index < -0.39 is 6.10 Å². The van der Waals surface area contributed by atoms with Crippen LogP contribution in [0.25, 0.3) is 5.69 Å². The Kier molecular flexibility index (Phi) is 5.45. The van der Waals surface area contributed by atoms with E-state index in [0.29, 0.717) is 18.2 Å². The van der Waals surface area contributed by atoms with E-state index in [1.165, 1.54) is 25.0 Å². The Morgan fingerprint density at radius 3 is 2.84 bits per heavy atom. The zero-order valence-electron chi connectivity index (χ0n) is 14.1. The number of benzene rings is 1. The van der Waals surface area contributed by atoms with Gasteiger partial charge in [-0.05, 0) is 56.0 Å². The van der Waals surface area contributed by atoms with Gasteiger partial charge in [0.1, 0.15) is 5.82 Å². The number of rotatable bonds is 8. The van der Waals surface area contributed by atoms with Gasteiger partial charge in [0.15, 0.2) is 5.69 Å². The Bertz CT molecular complexity index is 726. The third-order valence-electron chi connectivity index (χ3n) is 4.05. The molecule has 1 aromatic carbocycles. The van der Waals surface area contributed by atoms with Crippen molar-refractivity contribution in [2.75, 3.05) is 19.8 Å². The molecule has 0 radical (unpaired) electrons. The van der Waals surface area contributed by atoms with Gasteiger partial charge >= 0.3 is 0 Å². The van der Waals surface area contributed by atoms with E-state index in [9.17, 15) is 14.3 Å². The summed E-state index contributed by atoms with van der Waals surface area (Å²) in [7, 11) is 0. The molecule has 1 aromatic heterocycles. The lowest BCUT2D eigenvalue weighted by atomic mass is 10.3. The van der Waals surface area contributed by atoms with E-state index in [0.717, 1.165) is 5.69 Å². The van der Waals surface area contributed by atoms with Crippen LogP contribution in [0.15, 0.2) is 30.3 Å². The van der Waals surface area contributed by atoms with E-state index in [1.54, 1.807) is 22.9 Å². The maximum Gasteiger partial charge on any atom is 0.271 e. The summed E-state index contributed by atoms with van der Waals surface area (Å²) in [4.78, 5) is 12.2. The van der Waals surface area contributed by atoms with E-state index in [-0.39, 0.29) is 30.6 Å². The number of nitrogens with zero attached hydrogens (tertiary/aromatic N) is 2. The van der Waals surface area contributed by atoms with Gasteiger partial charge in [0.25, 0.3) is 5.91 Å². The Balaban J connectivity index is 1.53. The van der Waals surface area contributed by atoms with Gasteiger partial charge in [0.05, 0.1) is 18.4 Å². The van der Waals surface area contributed by atoms with E-state index in [1.807, 2.05) is 6.92 Å². The van der Waals surface area contributed by atoms with Gasteiger partial charge in [0, 0.05) is 18.8 Å². The number of carbonyl (C=O) groups is 1. The molecule has 0 saturated heterocycles. The van der Waals surface area contributed by atoms with Crippen LogP contribution in [-0.2, 0) is 4.74 Å². The second-order valence-corrected chi connectivity index (χ2v) is 6.40. The summed E-state index contributed by atoms with van der Waals surface area (Å²) in [5.74, 6) is -0.0604. The zero-order chi connectivity index (χ0) is 17.8. The van der Waals surface area contributed by atoms with Gasteiger partial charge in [-0.1, -0.05) is 0 Å². The van der Waals surface area contributed by atoms with Gasteiger partial charge in [0.2, 0.25) is 0 Å². The quantitative estimate of drug-likeness (QED) is 0.764. The molecule has 3 rings (SSSR count). The summed E-state index contributed by atoms with van der Waals surface area (Å²) in [6, 6.07) is 7.52. The van der Waals surface area contributed by atoms with Crippen molar-refractivity contribution in [1.82, 2.24) is 15.1 Å². The van der Waals surface area contributed by atoms with Crippen molar-refractivity contribution in [1.29, 1.82) is 0 Å². The fourth-order valence-corrected chi connectivity index (χ4v) is 2.44. The van der Waals surface area contributed by atoms with Crippen molar-refractivity contribution in [2.45, 2.75) is 25.9 Å². The van der Waals surface area contributed by atoms with Crippen molar-refractivity contribution in [3.8, 4) is 5.69 Å². The molecule has 2 aromatic rings. The second-order valence-electron chi connectivity index (χ2n) is 6.40. The molecule has 0 aliphatic heterocycles. The van der Waals surface area contributed by atoms with Crippen LogP contribution in [-0.4, -0.2) is 46.7 Å². The summed E-state index contributed by atoms with van der Waals surface area (Å²) >= 11 is 0. The molecule has 134 valence electrons. The molecule has 1 saturated carbocycles. The lowest BCUT2D eigenvalue weighted by Crippen LogP contribution is -2.35. The Morgan fingerprint density at radius 1 is 1.44 bits per heavy atom. The van der Waals surface area contributed by atoms with Gasteiger partial charge in [-0.25, -0.2) is 9.07 Å². The maximum absolute atomic E-state index is 13.0. The number of aromatic nitrogens is 2. The molecular weight excluding hydrogens is 325 g/mol. The lowest BCUT2D eigenvalue weighted by molar-refractivity contribution is 0.0320. The SMILES string of the molecule is Cc1cc(C(=O)NCC(O)COCC2CC2)nn1-c1ccc(F)cc1. The minimum atomic E-state index is -0.747. The smallest absolute Gasteiger partial charge is 0.271 e. The van der Waals surface area contributed by atoms with Crippen molar-refractivity contribution in [3.63, 3.8) is 0 Å². The third kappa shape index (κ3) is 4.87. The molecular formula is C18H22FN3O3. The topological polar surface area (TPSA) is 76.4 Å². The number of aryl methyl sites for hydroxylation is 1. The van der Waals surface area contributed by atoms with Crippen molar-refractivity contribution >= 4 is 5.91 Å². The first kappa shape index (κ1) is 17.6. The van der Waals surface area contributed by atoms with Gasteiger partial charge in [-0.15, -0.1) is 0 Å². The van der Waals surface area contributed by atoms with Crippen molar-refractivity contribution in [3.05, 3.63) is 47.5 Å². The van der Waals surface area contributed by atoms with Gasteiger partial charge < -0.3 is 15.2 Å². The number of aliphatic hydroxyl groups excluding tert-OH is 1. The molecule has 2 N–H and O–H groups in total. The number of nitrogens with one attached hydrogen (secondary N) is 1. The van der Waals surface area contributed by atoms with Crippen LogP contribution in [0, 0.1) is 18.7 Å².